The van der Waals surface area contributed by atoms with Gasteiger partial charge in [-0.3, -0.25) is 9.59 Å². The van der Waals surface area contributed by atoms with Crippen LogP contribution in [0.2, 0.25) is 0 Å². The Labute approximate surface area is 255 Å². The molecular formula is C34H51NO8. The summed E-state index contributed by atoms with van der Waals surface area (Å²) in [4.78, 5) is 38.5. The van der Waals surface area contributed by atoms with Crippen LogP contribution in [0.1, 0.15) is 84.5 Å². The van der Waals surface area contributed by atoms with Gasteiger partial charge in [0.25, 0.3) is 0 Å². The van der Waals surface area contributed by atoms with Gasteiger partial charge in [0.15, 0.2) is 5.78 Å². The van der Waals surface area contributed by atoms with Gasteiger partial charge in [0.2, 0.25) is 0 Å². The Balaban J connectivity index is 1.28. The molecule has 0 spiro atoms. The summed E-state index contributed by atoms with van der Waals surface area (Å²) in [6, 6.07) is -0.0960. The number of hydrogen-bond acceptors (Lipinski definition) is 7. The van der Waals surface area contributed by atoms with E-state index in [1.54, 1.807) is 6.08 Å². The minimum Gasteiger partial charge on any atom is -0.481 e. The molecule has 4 saturated carbocycles. The third kappa shape index (κ3) is 5.67. The lowest BCUT2D eigenvalue weighted by Gasteiger charge is -2.62. The largest absolute Gasteiger partial charge is 0.506 e. The van der Waals surface area contributed by atoms with Crippen molar-refractivity contribution in [2.75, 3.05) is 19.8 Å². The molecule has 1 saturated heterocycles. The molecule has 43 heavy (non-hydrogen) atoms. The van der Waals surface area contributed by atoms with Crippen molar-refractivity contribution in [3.63, 3.8) is 0 Å². The van der Waals surface area contributed by atoms with Crippen LogP contribution in [0, 0.1) is 58.7 Å². The zero-order valence-corrected chi connectivity index (χ0v) is 25.8. The van der Waals surface area contributed by atoms with Crippen LogP contribution < -0.4 is 5.73 Å². The molecule has 0 aromatic rings. The molecule has 240 valence electrons. The first kappa shape index (κ1) is 31.0. The minimum atomic E-state index is -1.32. The first-order chi connectivity index (χ1) is 20.6. The number of carboxylic acid groups (broad SMARTS) is 2. The summed E-state index contributed by atoms with van der Waals surface area (Å²) in [6.45, 7) is 5.49. The Hall–Kier alpha value is -1.97. The highest BCUT2D eigenvalue weighted by molar-refractivity contribution is 5.97. The summed E-state index contributed by atoms with van der Waals surface area (Å²) in [5.41, 5.74) is 7.15. The normalized spacial score (nSPS) is 41.8. The van der Waals surface area contributed by atoms with Gasteiger partial charge in [-0.05, 0) is 93.0 Å². The van der Waals surface area contributed by atoms with Gasteiger partial charge in [0.1, 0.15) is 6.10 Å². The van der Waals surface area contributed by atoms with E-state index in [1.165, 1.54) is 19.3 Å². The van der Waals surface area contributed by atoms with Crippen molar-refractivity contribution < 1.29 is 38.8 Å². The fraction of sp³-hybridized carbons (Fsp3) is 0.853. The SMILES string of the molecule is CC(C)CC1CCC2C3CCC4C5COC[C@@]4(C[C@@H](OC(=O)O)[C@@H]5OCC(N)C4CCCCC4)C3=CC(=O)C2[C@@H]1C(=O)O. The predicted octanol–water partition coefficient (Wildman–Crippen LogP) is 5.30. The Morgan fingerprint density at radius 1 is 1.07 bits per heavy atom. The van der Waals surface area contributed by atoms with E-state index in [0.717, 1.165) is 50.5 Å². The fourth-order valence-electron chi connectivity index (χ4n) is 10.8. The fourth-order valence-corrected chi connectivity index (χ4v) is 10.8. The Bertz CT molecular complexity index is 1100. The van der Waals surface area contributed by atoms with Crippen LogP contribution in [0.5, 0.6) is 0 Å². The minimum absolute atomic E-state index is 0.00554. The molecule has 1 aliphatic heterocycles. The highest BCUT2D eigenvalue weighted by Gasteiger charge is 2.64. The maximum Gasteiger partial charge on any atom is 0.506 e. The first-order valence-corrected chi connectivity index (χ1v) is 16.9. The molecule has 11 atom stereocenters. The van der Waals surface area contributed by atoms with Crippen LogP contribution in [0.4, 0.5) is 4.79 Å². The number of fused-ring (bicyclic) bond motifs is 3. The van der Waals surface area contributed by atoms with Crippen LogP contribution in [-0.2, 0) is 23.8 Å². The van der Waals surface area contributed by atoms with E-state index in [4.69, 9.17) is 19.9 Å². The van der Waals surface area contributed by atoms with Crippen LogP contribution in [-0.4, -0.2) is 66.2 Å². The van der Waals surface area contributed by atoms with Crippen molar-refractivity contribution in [2.24, 2.45) is 64.4 Å². The van der Waals surface area contributed by atoms with E-state index in [0.29, 0.717) is 38.1 Å². The second-order valence-corrected chi connectivity index (χ2v) is 15.1. The van der Waals surface area contributed by atoms with E-state index < -0.39 is 41.6 Å². The molecule has 4 N–H and O–H groups in total. The van der Waals surface area contributed by atoms with Crippen molar-refractivity contribution in [1.82, 2.24) is 0 Å². The smallest absolute Gasteiger partial charge is 0.481 e. The molecule has 0 aromatic carbocycles. The monoisotopic (exact) mass is 601 g/mol. The molecule has 1 heterocycles. The molecule has 2 bridgehead atoms. The van der Waals surface area contributed by atoms with Gasteiger partial charge in [-0.1, -0.05) is 38.7 Å². The van der Waals surface area contributed by atoms with Crippen LogP contribution in [0.3, 0.4) is 0 Å². The third-order valence-electron chi connectivity index (χ3n) is 12.4. The molecule has 0 radical (unpaired) electrons. The van der Waals surface area contributed by atoms with Gasteiger partial charge < -0.3 is 30.2 Å². The number of ether oxygens (including phenoxy) is 3. The molecule has 7 unspecified atom stereocenters. The maximum absolute atomic E-state index is 14.0. The number of ketones is 1. The first-order valence-electron chi connectivity index (χ1n) is 16.9. The van der Waals surface area contributed by atoms with E-state index >= 15 is 0 Å². The number of hydrogen-bond donors (Lipinski definition) is 3. The van der Waals surface area contributed by atoms with Gasteiger partial charge in [-0.15, -0.1) is 0 Å². The molecule has 5 aliphatic carbocycles. The lowest BCUT2D eigenvalue weighted by atomic mass is 9.45. The molecule has 9 heteroatoms. The van der Waals surface area contributed by atoms with E-state index in [1.807, 2.05) is 0 Å². The standard InChI is InChI=1S/C34H51NO8/c1-18(2)12-20-8-9-22-21-10-11-24-23-15-41-17-34(24,25(21)13-27(36)30(22)29(20)32(37)38)14-28(43-33(39)40)31(23)42-16-26(35)19-6-4-3-5-7-19/h13,18-24,26,28-31H,3-12,14-17,35H2,1-2H3,(H,37,38)(H,39,40)/t20?,21?,22?,23?,24?,26?,28-,29-,30?,31-,34-/m1/s1. The highest BCUT2D eigenvalue weighted by Crippen LogP contribution is 2.64. The van der Waals surface area contributed by atoms with Gasteiger partial charge >= 0.3 is 12.1 Å². The number of carbonyl (C=O) groups excluding carboxylic acids is 1. The number of rotatable bonds is 8. The number of allylic oxidation sites excluding steroid dienone is 1. The van der Waals surface area contributed by atoms with Crippen molar-refractivity contribution >= 4 is 17.9 Å². The topological polar surface area (TPSA) is 145 Å². The summed E-state index contributed by atoms with van der Waals surface area (Å²) in [5.74, 6) is -1.04. The summed E-state index contributed by atoms with van der Waals surface area (Å²) in [6.07, 6.45) is 9.90. The summed E-state index contributed by atoms with van der Waals surface area (Å²) >= 11 is 0. The lowest BCUT2D eigenvalue weighted by Crippen LogP contribution is -2.64. The van der Waals surface area contributed by atoms with Gasteiger partial charge in [-0.2, -0.15) is 0 Å². The molecule has 6 rings (SSSR count). The van der Waals surface area contributed by atoms with Gasteiger partial charge in [0.05, 0.1) is 31.8 Å². The van der Waals surface area contributed by atoms with Gasteiger partial charge in [0, 0.05) is 23.3 Å². The molecule has 9 nitrogen and oxygen atoms in total. The summed E-state index contributed by atoms with van der Waals surface area (Å²) in [7, 11) is 0. The number of carbonyl (C=O) groups is 3. The number of carboxylic acids is 1. The quantitative estimate of drug-likeness (QED) is 0.315. The summed E-state index contributed by atoms with van der Waals surface area (Å²) in [5, 5.41) is 20.1. The molecule has 0 aromatic heterocycles. The van der Waals surface area contributed by atoms with E-state index in [2.05, 4.69) is 13.8 Å². The van der Waals surface area contributed by atoms with Crippen molar-refractivity contribution in [3.8, 4) is 0 Å². The van der Waals surface area contributed by atoms with Crippen LogP contribution >= 0.6 is 0 Å². The van der Waals surface area contributed by atoms with Crippen molar-refractivity contribution in [1.29, 1.82) is 0 Å². The summed E-state index contributed by atoms with van der Waals surface area (Å²) < 4.78 is 18.4. The Morgan fingerprint density at radius 2 is 1.84 bits per heavy atom. The van der Waals surface area contributed by atoms with Crippen molar-refractivity contribution in [2.45, 2.75) is 103 Å². The third-order valence-corrected chi connectivity index (χ3v) is 12.4. The lowest BCUT2D eigenvalue weighted by molar-refractivity contribution is -0.219. The Kier molecular flexibility index (Phi) is 8.97. The van der Waals surface area contributed by atoms with E-state index in [-0.39, 0.29) is 41.4 Å². The molecule has 5 fully saturated rings. The van der Waals surface area contributed by atoms with E-state index in [9.17, 15) is 24.6 Å². The van der Waals surface area contributed by atoms with Crippen molar-refractivity contribution in [3.05, 3.63) is 11.6 Å². The number of aliphatic carboxylic acids is 1. The second-order valence-electron chi connectivity index (χ2n) is 15.1. The second kappa shape index (κ2) is 12.4. The predicted molar refractivity (Wildman–Crippen MR) is 158 cm³/mol. The maximum atomic E-state index is 14.0. The van der Waals surface area contributed by atoms with Gasteiger partial charge in [-0.25, -0.2) is 4.79 Å². The molecule has 6 aliphatic rings. The average molecular weight is 602 g/mol. The Morgan fingerprint density at radius 3 is 2.53 bits per heavy atom. The number of nitrogens with two attached hydrogens (primary N) is 1. The zero-order valence-electron chi connectivity index (χ0n) is 25.8. The zero-order chi connectivity index (χ0) is 30.5. The molecule has 0 amide bonds. The average Bonchev–Trinajstić information content (AvgIpc) is 2.96. The van der Waals surface area contributed by atoms with Crippen LogP contribution in [0.15, 0.2) is 11.6 Å². The molecular weight excluding hydrogens is 550 g/mol. The van der Waals surface area contributed by atoms with Crippen LogP contribution in [0.25, 0.3) is 0 Å². The highest BCUT2D eigenvalue weighted by atomic mass is 16.7.